The molecule has 9 nitrogen and oxygen atoms in total. The molecule has 9 heteroatoms. The maximum absolute atomic E-state index is 12.4. The molecule has 0 bridgehead atoms. The van der Waals surface area contributed by atoms with Gasteiger partial charge in [-0.05, 0) is 23.8 Å². The van der Waals surface area contributed by atoms with Gasteiger partial charge in [-0.3, -0.25) is 19.9 Å². The first-order chi connectivity index (χ1) is 12.6. The minimum absolute atomic E-state index is 0.0832. The Morgan fingerprint density at radius 2 is 1.92 bits per heavy atom. The van der Waals surface area contributed by atoms with Crippen LogP contribution in [0.15, 0.2) is 42.2 Å². The van der Waals surface area contributed by atoms with Crippen LogP contribution in [0.25, 0.3) is 6.08 Å². The number of nitriles is 1. The molecule has 1 N–H and O–H groups in total. The number of benzene rings is 1. The van der Waals surface area contributed by atoms with E-state index in [1.807, 2.05) is 0 Å². The predicted molar refractivity (Wildman–Crippen MR) is 90.5 cm³/mol. The Morgan fingerprint density at radius 1 is 1.27 bits per heavy atom. The Balaban J connectivity index is 1.92. The van der Waals surface area contributed by atoms with Crippen LogP contribution in [0.4, 0.5) is 11.4 Å². The summed E-state index contributed by atoms with van der Waals surface area (Å²) < 4.78 is 10.7. The summed E-state index contributed by atoms with van der Waals surface area (Å²) in [7, 11) is 0. The molecule has 1 amide bonds. The first kappa shape index (κ1) is 16.9. The molecule has 2 aromatic rings. The van der Waals surface area contributed by atoms with Crippen molar-refractivity contribution in [3.8, 4) is 17.6 Å². The van der Waals surface area contributed by atoms with Crippen molar-refractivity contribution in [3.05, 3.63) is 57.9 Å². The highest BCUT2D eigenvalue weighted by atomic mass is 16.6. The summed E-state index contributed by atoms with van der Waals surface area (Å²) in [5.41, 5.74) is -0.0484. The van der Waals surface area contributed by atoms with E-state index in [0.717, 1.165) is 0 Å². The Labute approximate surface area is 147 Å². The largest absolute Gasteiger partial charge is 0.486 e. The minimum atomic E-state index is -0.774. The smallest absolute Gasteiger partial charge is 0.296 e. The summed E-state index contributed by atoms with van der Waals surface area (Å²) in [6.45, 7) is 0.576. The molecule has 1 aliphatic rings. The second-order valence-corrected chi connectivity index (χ2v) is 5.17. The number of carbonyl (C=O) groups excluding carboxylic acids is 1. The Kier molecular flexibility index (Phi) is 4.76. The summed E-state index contributed by atoms with van der Waals surface area (Å²) in [5, 5.41) is 22.9. The van der Waals surface area contributed by atoms with Gasteiger partial charge in [-0.25, -0.2) is 0 Å². The lowest BCUT2D eigenvalue weighted by molar-refractivity contribution is -0.384. The van der Waals surface area contributed by atoms with E-state index in [1.54, 1.807) is 18.2 Å². The molecule has 0 aliphatic carbocycles. The van der Waals surface area contributed by atoms with Crippen LogP contribution in [0.2, 0.25) is 0 Å². The maximum Gasteiger partial charge on any atom is 0.296 e. The van der Waals surface area contributed by atoms with E-state index in [2.05, 4.69) is 10.3 Å². The number of fused-ring (bicyclic) bond motifs is 1. The molecular weight excluding hydrogens is 340 g/mol. The first-order valence-corrected chi connectivity index (χ1v) is 7.49. The van der Waals surface area contributed by atoms with Crippen molar-refractivity contribution >= 4 is 23.4 Å². The van der Waals surface area contributed by atoms with Crippen LogP contribution in [0, 0.1) is 21.4 Å². The molecule has 3 rings (SSSR count). The second kappa shape index (κ2) is 7.31. The fourth-order valence-corrected chi connectivity index (χ4v) is 2.29. The molecular formula is C17H12N4O5. The van der Waals surface area contributed by atoms with Gasteiger partial charge in [0.25, 0.3) is 11.6 Å². The second-order valence-electron chi connectivity index (χ2n) is 5.17. The number of nitrogens with one attached hydrogen (secondary N) is 1. The molecule has 26 heavy (non-hydrogen) atoms. The number of pyridine rings is 1. The lowest BCUT2D eigenvalue weighted by atomic mass is 10.1. The van der Waals surface area contributed by atoms with Gasteiger partial charge in [0, 0.05) is 18.5 Å². The molecule has 0 spiro atoms. The zero-order chi connectivity index (χ0) is 18.5. The summed E-state index contributed by atoms with van der Waals surface area (Å²) in [6.07, 6.45) is 4.40. The van der Waals surface area contributed by atoms with E-state index < -0.39 is 10.8 Å². The fourth-order valence-electron chi connectivity index (χ4n) is 2.29. The third kappa shape index (κ3) is 3.59. The van der Waals surface area contributed by atoms with Gasteiger partial charge >= 0.3 is 0 Å². The summed E-state index contributed by atoms with van der Waals surface area (Å²) in [4.78, 5) is 26.9. The molecule has 0 atom stereocenters. The number of nitro benzene ring substituents is 1. The van der Waals surface area contributed by atoms with Gasteiger partial charge in [0.15, 0.2) is 11.5 Å². The van der Waals surface area contributed by atoms with Crippen LogP contribution >= 0.6 is 0 Å². The molecule has 0 fully saturated rings. The normalized spacial score (nSPS) is 12.8. The zero-order valence-electron chi connectivity index (χ0n) is 13.3. The van der Waals surface area contributed by atoms with Crippen molar-refractivity contribution in [2.75, 3.05) is 18.5 Å². The zero-order valence-corrected chi connectivity index (χ0v) is 13.3. The quantitative estimate of drug-likeness (QED) is 0.387. The van der Waals surface area contributed by atoms with Gasteiger partial charge in [-0.1, -0.05) is 0 Å². The number of rotatable bonds is 4. The van der Waals surface area contributed by atoms with Crippen molar-refractivity contribution in [2.24, 2.45) is 0 Å². The Bertz CT molecular complexity index is 934. The highest BCUT2D eigenvalue weighted by Crippen LogP contribution is 2.39. The molecule has 2 heterocycles. The van der Waals surface area contributed by atoms with Crippen LogP contribution in [0.5, 0.6) is 11.5 Å². The van der Waals surface area contributed by atoms with Crippen LogP contribution in [0.3, 0.4) is 0 Å². The third-order valence-corrected chi connectivity index (χ3v) is 3.49. The van der Waals surface area contributed by atoms with E-state index in [4.69, 9.17) is 9.47 Å². The summed E-state index contributed by atoms with van der Waals surface area (Å²) in [5.74, 6) is -0.258. The van der Waals surface area contributed by atoms with E-state index >= 15 is 0 Å². The molecule has 0 radical (unpaired) electrons. The third-order valence-electron chi connectivity index (χ3n) is 3.49. The number of nitrogens with zero attached hydrogens (tertiary/aromatic N) is 3. The standard InChI is InChI=1S/C17H12N4O5/c18-10-12(7-11-1-3-19-4-2-11)17(22)20-13-8-15-16(26-6-5-25-15)9-14(13)21(23)24/h1-4,7-9H,5-6H2,(H,20,22)/b12-7+. The molecule has 130 valence electrons. The average Bonchev–Trinajstić information content (AvgIpc) is 2.66. The van der Waals surface area contributed by atoms with E-state index in [9.17, 15) is 20.2 Å². The number of amides is 1. The highest BCUT2D eigenvalue weighted by molar-refractivity contribution is 6.10. The maximum atomic E-state index is 12.4. The van der Waals surface area contributed by atoms with Crippen molar-refractivity contribution in [1.82, 2.24) is 4.98 Å². The lowest BCUT2D eigenvalue weighted by Crippen LogP contribution is -2.18. The number of aromatic nitrogens is 1. The van der Waals surface area contributed by atoms with Crippen molar-refractivity contribution in [1.29, 1.82) is 5.26 Å². The number of nitro groups is 1. The number of carbonyl (C=O) groups is 1. The lowest BCUT2D eigenvalue weighted by Gasteiger charge is -2.19. The van der Waals surface area contributed by atoms with Crippen LogP contribution in [0.1, 0.15) is 5.56 Å². The molecule has 1 aliphatic heterocycles. The van der Waals surface area contributed by atoms with Crippen molar-refractivity contribution in [3.63, 3.8) is 0 Å². The topological polar surface area (TPSA) is 127 Å². The predicted octanol–water partition coefficient (Wildman–Crippen LogP) is 2.31. The molecule has 0 unspecified atom stereocenters. The Hall–Kier alpha value is -3.93. The monoisotopic (exact) mass is 352 g/mol. The van der Waals surface area contributed by atoms with Gasteiger partial charge in [-0.15, -0.1) is 0 Å². The van der Waals surface area contributed by atoms with Gasteiger partial charge in [0.1, 0.15) is 30.5 Å². The van der Waals surface area contributed by atoms with Crippen molar-refractivity contribution < 1.29 is 19.2 Å². The Morgan fingerprint density at radius 3 is 2.54 bits per heavy atom. The molecule has 1 aromatic heterocycles. The number of hydrogen-bond donors (Lipinski definition) is 1. The number of hydrogen-bond acceptors (Lipinski definition) is 7. The van der Waals surface area contributed by atoms with Crippen molar-refractivity contribution in [2.45, 2.75) is 0 Å². The highest BCUT2D eigenvalue weighted by Gasteiger charge is 2.24. The van der Waals surface area contributed by atoms with Crippen LogP contribution in [-0.2, 0) is 4.79 Å². The first-order valence-electron chi connectivity index (χ1n) is 7.49. The van der Waals surface area contributed by atoms with Crippen LogP contribution in [-0.4, -0.2) is 29.0 Å². The van der Waals surface area contributed by atoms with Gasteiger partial charge in [0.2, 0.25) is 0 Å². The molecule has 0 saturated carbocycles. The summed E-state index contributed by atoms with van der Waals surface area (Å²) >= 11 is 0. The fraction of sp³-hybridized carbons (Fsp3) is 0.118. The van der Waals surface area contributed by atoms with E-state index in [-0.39, 0.29) is 35.1 Å². The molecule has 1 aromatic carbocycles. The van der Waals surface area contributed by atoms with Gasteiger partial charge in [-0.2, -0.15) is 5.26 Å². The minimum Gasteiger partial charge on any atom is -0.486 e. The number of anilines is 1. The molecule has 0 saturated heterocycles. The summed E-state index contributed by atoms with van der Waals surface area (Å²) in [6, 6.07) is 7.52. The van der Waals surface area contributed by atoms with Crippen LogP contribution < -0.4 is 14.8 Å². The van der Waals surface area contributed by atoms with Gasteiger partial charge < -0.3 is 14.8 Å². The van der Waals surface area contributed by atoms with Gasteiger partial charge in [0.05, 0.1) is 11.0 Å². The average molecular weight is 352 g/mol. The van der Waals surface area contributed by atoms with E-state index in [1.165, 1.54) is 30.6 Å². The number of ether oxygens (including phenoxy) is 2. The van der Waals surface area contributed by atoms with E-state index in [0.29, 0.717) is 12.2 Å². The SMILES string of the molecule is N#C/C(=C\c1ccncc1)C(=O)Nc1cc2c(cc1[N+](=O)[O-])OCCO2.